The Kier molecular flexibility index (Phi) is 3.96. The van der Waals surface area contributed by atoms with Gasteiger partial charge in [0.2, 0.25) is 0 Å². The molecule has 0 spiro atoms. The summed E-state index contributed by atoms with van der Waals surface area (Å²) in [4.78, 5) is 18.9. The Balaban J connectivity index is 1.59. The second-order valence-electron chi connectivity index (χ2n) is 5.22. The minimum atomic E-state index is -0.278. The molecule has 5 heteroatoms. The zero-order valence-corrected chi connectivity index (χ0v) is 12.3. The van der Waals surface area contributed by atoms with Gasteiger partial charge in [-0.3, -0.25) is 14.7 Å². The summed E-state index contributed by atoms with van der Waals surface area (Å²) in [6.45, 7) is 2.55. The van der Waals surface area contributed by atoms with Crippen LogP contribution in [0, 0.1) is 0 Å². The molecule has 1 aromatic heterocycles. The standard InChI is InChI=1S/C14H17BrN2O2/c15-10-3-4-11(16-7-10)6-13(18)14-8-17-5-1-2-12(17)9-19-14/h3-4,7,12,14H,1-2,5-6,8-9H2. The van der Waals surface area contributed by atoms with Crippen molar-refractivity contribution in [2.45, 2.75) is 31.4 Å². The zero-order valence-electron chi connectivity index (χ0n) is 10.7. The number of pyridine rings is 1. The molecule has 4 nitrogen and oxygen atoms in total. The smallest absolute Gasteiger partial charge is 0.168 e. The van der Waals surface area contributed by atoms with Gasteiger partial charge in [0.15, 0.2) is 5.78 Å². The first-order valence-corrected chi connectivity index (χ1v) is 7.50. The second-order valence-corrected chi connectivity index (χ2v) is 6.14. The van der Waals surface area contributed by atoms with Crippen molar-refractivity contribution in [2.24, 2.45) is 0 Å². The van der Waals surface area contributed by atoms with E-state index in [-0.39, 0.29) is 11.9 Å². The first-order valence-electron chi connectivity index (χ1n) is 6.71. The molecule has 3 heterocycles. The summed E-state index contributed by atoms with van der Waals surface area (Å²) >= 11 is 3.34. The van der Waals surface area contributed by atoms with E-state index in [1.54, 1.807) is 6.20 Å². The number of hydrogen-bond acceptors (Lipinski definition) is 4. The lowest BCUT2D eigenvalue weighted by atomic mass is 10.1. The van der Waals surface area contributed by atoms with Crippen LogP contribution in [0.5, 0.6) is 0 Å². The molecule has 0 aromatic carbocycles. The van der Waals surface area contributed by atoms with Gasteiger partial charge in [0.05, 0.1) is 13.0 Å². The third-order valence-corrected chi connectivity index (χ3v) is 4.36. The van der Waals surface area contributed by atoms with E-state index in [9.17, 15) is 4.79 Å². The van der Waals surface area contributed by atoms with Crippen LogP contribution in [0.4, 0.5) is 0 Å². The highest BCUT2D eigenvalue weighted by Crippen LogP contribution is 2.23. The lowest BCUT2D eigenvalue weighted by Gasteiger charge is -2.34. The van der Waals surface area contributed by atoms with E-state index in [0.717, 1.165) is 23.3 Å². The van der Waals surface area contributed by atoms with Crippen LogP contribution < -0.4 is 0 Å². The third kappa shape index (κ3) is 3.04. The van der Waals surface area contributed by atoms with E-state index in [2.05, 4.69) is 25.8 Å². The Morgan fingerprint density at radius 3 is 3.21 bits per heavy atom. The maximum Gasteiger partial charge on any atom is 0.168 e. The average molecular weight is 325 g/mol. The lowest BCUT2D eigenvalue weighted by molar-refractivity contribution is -0.137. The summed E-state index contributed by atoms with van der Waals surface area (Å²) < 4.78 is 6.65. The minimum absolute atomic E-state index is 0.139. The highest BCUT2D eigenvalue weighted by Gasteiger charge is 2.35. The summed E-state index contributed by atoms with van der Waals surface area (Å²) in [5, 5.41) is 0. The van der Waals surface area contributed by atoms with E-state index < -0.39 is 0 Å². The molecule has 0 bridgehead atoms. The summed E-state index contributed by atoms with van der Waals surface area (Å²) in [6.07, 6.45) is 4.23. The van der Waals surface area contributed by atoms with Crippen molar-refractivity contribution in [3.8, 4) is 0 Å². The largest absolute Gasteiger partial charge is 0.367 e. The van der Waals surface area contributed by atoms with E-state index in [1.165, 1.54) is 12.8 Å². The van der Waals surface area contributed by atoms with Gasteiger partial charge in [-0.1, -0.05) is 0 Å². The van der Waals surface area contributed by atoms with Crippen LogP contribution in [-0.2, 0) is 16.0 Å². The number of nitrogens with zero attached hydrogens (tertiary/aromatic N) is 2. The summed E-state index contributed by atoms with van der Waals surface area (Å²) in [5.41, 5.74) is 0.806. The minimum Gasteiger partial charge on any atom is -0.367 e. The number of rotatable bonds is 3. The van der Waals surface area contributed by atoms with Crippen LogP contribution in [0.25, 0.3) is 0 Å². The van der Waals surface area contributed by atoms with Crippen LogP contribution in [0.1, 0.15) is 18.5 Å². The molecule has 2 fully saturated rings. The van der Waals surface area contributed by atoms with Crippen molar-refractivity contribution >= 4 is 21.7 Å². The number of morpholine rings is 1. The van der Waals surface area contributed by atoms with E-state index >= 15 is 0 Å². The number of fused-ring (bicyclic) bond motifs is 1. The molecule has 1 aromatic rings. The Hall–Kier alpha value is -0.780. The fraction of sp³-hybridized carbons (Fsp3) is 0.571. The number of carbonyl (C=O) groups excluding carboxylic acids is 1. The quantitative estimate of drug-likeness (QED) is 0.850. The molecular formula is C14H17BrN2O2. The van der Waals surface area contributed by atoms with Gasteiger partial charge in [-0.15, -0.1) is 0 Å². The summed E-state index contributed by atoms with van der Waals surface area (Å²) in [5.74, 6) is 0.139. The van der Waals surface area contributed by atoms with Crippen LogP contribution in [0.3, 0.4) is 0 Å². The maximum absolute atomic E-state index is 12.2. The average Bonchev–Trinajstić information content (AvgIpc) is 2.88. The van der Waals surface area contributed by atoms with Crippen LogP contribution >= 0.6 is 15.9 Å². The first-order chi connectivity index (χ1) is 9.22. The lowest BCUT2D eigenvalue weighted by Crippen LogP contribution is -2.49. The van der Waals surface area contributed by atoms with Gasteiger partial charge in [0, 0.05) is 29.0 Å². The molecule has 2 aliphatic rings. The molecule has 0 N–H and O–H groups in total. The van der Waals surface area contributed by atoms with Crippen LogP contribution in [0.15, 0.2) is 22.8 Å². The summed E-state index contributed by atoms with van der Waals surface area (Å²) in [7, 11) is 0. The van der Waals surface area contributed by atoms with Crippen molar-refractivity contribution in [1.29, 1.82) is 0 Å². The van der Waals surface area contributed by atoms with Crippen LogP contribution in [0.2, 0.25) is 0 Å². The number of ketones is 1. The van der Waals surface area contributed by atoms with Crippen molar-refractivity contribution in [1.82, 2.24) is 9.88 Å². The van der Waals surface area contributed by atoms with Gasteiger partial charge >= 0.3 is 0 Å². The molecular weight excluding hydrogens is 308 g/mol. The maximum atomic E-state index is 12.2. The van der Waals surface area contributed by atoms with Gasteiger partial charge in [0.25, 0.3) is 0 Å². The van der Waals surface area contributed by atoms with Gasteiger partial charge < -0.3 is 4.74 Å². The fourth-order valence-corrected chi connectivity index (χ4v) is 3.05. The molecule has 2 aliphatic heterocycles. The number of carbonyl (C=O) groups is 1. The second kappa shape index (κ2) is 5.69. The summed E-state index contributed by atoms with van der Waals surface area (Å²) in [6, 6.07) is 4.33. The van der Waals surface area contributed by atoms with E-state index in [1.807, 2.05) is 12.1 Å². The molecule has 19 heavy (non-hydrogen) atoms. The molecule has 2 unspecified atom stereocenters. The Bertz CT molecular complexity index is 463. The molecule has 0 aliphatic carbocycles. The van der Waals surface area contributed by atoms with E-state index in [0.29, 0.717) is 19.1 Å². The SMILES string of the molecule is O=C(Cc1ccc(Br)cn1)C1CN2CCCC2CO1. The zero-order chi connectivity index (χ0) is 13.2. The topological polar surface area (TPSA) is 42.4 Å². The molecule has 102 valence electrons. The Morgan fingerprint density at radius 1 is 1.53 bits per heavy atom. The molecule has 2 atom stereocenters. The molecule has 0 amide bonds. The van der Waals surface area contributed by atoms with E-state index in [4.69, 9.17) is 4.74 Å². The predicted molar refractivity (Wildman–Crippen MR) is 75.0 cm³/mol. The third-order valence-electron chi connectivity index (χ3n) is 3.89. The number of hydrogen-bond donors (Lipinski definition) is 0. The number of aromatic nitrogens is 1. The monoisotopic (exact) mass is 324 g/mol. The normalized spacial score (nSPS) is 27.2. The molecule has 2 saturated heterocycles. The van der Waals surface area contributed by atoms with Crippen LogP contribution in [-0.4, -0.2) is 47.5 Å². The fourth-order valence-electron chi connectivity index (χ4n) is 2.82. The van der Waals surface area contributed by atoms with Gasteiger partial charge in [0.1, 0.15) is 6.10 Å². The van der Waals surface area contributed by atoms with Crippen molar-refractivity contribution in [3.05, 3.63) is 28.5 Å². The number of ether oxygens (including phenoxy) is 1. The van der Waals surface area contributed by atoms with Gasteiger partial charge in [-0.25, -0.2) is 0 Å². The van der Waals surface area contributed by atoms with Crippen molar-refractivity contribution in [2.75, 3.05) is 19.7 Å². The number of Topliss-reactive ketones (excluding diaryl/α,β-unsaturated/α-hetero) is 1. The molecule has 0 radical (unpaired) electrons. The van der Waals surface area contributed by atoms with Crippen molar-refractivity contribution in [3.63, 3.8) is 0 Å². The highest BCUT2D eigenvalue weighted by molar-refractivity contribution is 9.10. The van der Waals surface area contributed by atoms with Gasteiger partial charge in [-0.2, -0.15) is 0 Å². The molecule has 0 saturated carbocycles. The highest BCUT2D eigenvalue weighted by atomic mass is 79.9. The number of halogens is 1. The predicted octanol–water partition coefficient (Wildman–Crippen LogP) is 1.82. The Labute approximate surface area is 121 Å². The van der Waals surface area contributed by atoms with Gasteiger partial charge in [-0.05, 0) is 47.4 Å². The van der Waals surface area contributed by atoms with Crippen molar-refractivity contribution < 1.29 is 9.53 Å². The Morgan fingerprint density at radius 2 is 2.42 bits per heavy atom. The first kappa shape index (κ1) is 13.2. The molecule has 3 rings (SSSR count).